The minimum absolute atomic E-state index is 0.241. The number of methoxy groups -OCH3 is 3. The Kier molecular flexibility index (Phi) is 12.5. The van der Waals surface area contributed by atoms with E-state index in [-0.39, 0.29) is 24.9 Å². The van der Waals surface area contributed by atoms with Gasteiger partial charge in [0.2, 0.25) is 0 Å². The molecule has 3 aromatic carbocycles. The first-order valence-corrected chi connectivity index (χ1v) is 13.7. The smallest absolute Gasteiger partial charge is 0.318 e. The first-order chi connectivity index (χ1) is 19.8. The maximum absolute atomic E-state index is 13.6. The molecule has 0 aliphatic heterocycles. The van der Waals surface area contributed by atoms with Crippen LogP contribution in [0.25, 0.3) is 12.2 Å². The van der Waals surface area contributed by atoms with E-state index in [0.29, 0.717) is 43.6 Å². The highest BCUT2D eigenvalue weighted by atomic mass is 19.1. The lowest BCUT2D eigenvalue weighted by Crippen LogP contribution is -2.40. The highest BCUT2D eigenvalue weighted by molar-refractivity contribution is 5.76. The summed E-state index contributed by atoms with van der Waals surface area (Å²) in [6.45, 7) is 6.44. The van der Waals surface area contributed by atoms with Crippen LogP contribution in [0.2, 0.25) is 0 Å². The number of halogens is 1. The molecule has 3 aromatic rings. The van der Waals surface area contributed by atoms with Gasteiger partial charge in [0.25, 0.3) is 0 Å². The van der Waals surface area contributed by atoms with E-state index >= 15 is 0 Å². The molecule has 2 amide bonds. The number of hydrogen-bond acceptors (Lipinski definition) is 5. The Bertz CT molecular complexity index is 1260. The fourth-order valence-corrected chi connectivity index (χ4v) is 4.11. The molecule has 0 heterocycles. The fraction of sp³-hybridized carbons (Fsp3) is 0.364. The molecule has 1 N–H and O–H groups in total. The van der Waals surface area contributed by atoms with Crippen LogP contribution in [0.1, 0.15) is 42.5 Å². The van der Waals surface area contributed by atoms with Crippen LogP contribution in [-0.2, 0) is 17.8 Å². The van der Waals surface area contributed by atoms with Crippen molar-refractivity contribution in [3.8, 4) is 17.2 Å². The van der Waals surface area contributed by atoms with Crippen molar-refractivity contribution in [3.63, 3.8) is 0 Å². The molecule has 0 aromatic heterocycles. The normalized spacial score (nSPS) is 11.1. The molecule has 0 unspecified atom stereocenters. The molecule has 8 heteroatoms. The number of nitrogens with zero attached hydrogens (tertiary/aromatic N) is 1. The largest absolute Gasteiger partial charge is 0.497 e. The maximum Gasteiger partial charge on any atom is 0.318 e. The molecule has 0 spiro atoms. The zero-order valence-corrected chi connectivity index (χ0v) is 24.6. The Morgan fingerprint density at radius 3 is 2.29 bits per heavy atom. The highest BCUT2D eigenvalue weighted by Gasteiger charge is 2.20. The number of benzene rings is 3. The third-order valence-electron chi connectivity index (χ3n) is 6.32. The average Bonchev–Trinajstić information content (AvgIpc) is 2.98. The molecule has 0 aliphatic rings. The Morgan fingerprint density at radius 2 is 1.66 bits per heavy atom. The van der Waals surface area contributed by atoms with Crippen molar-refractivity contribution in [3.05, 3.63) is 88.7 Å². The molecule has 0 fully saturated rings. The quantitative estimate of drug-likeness (QED) is 0.163. The van der Waals surface area contributed by atoms with Crippen molar-refractivity contribution in [2.45, 2.75) is 33.4 Å². The summed E-state index contributed by atoms with van der Waals surface area (Å²) < 4.78 is 35.7. The molecule has 3 rings (SSSR count). The monoisotopic (exact) mass is 564 g/mol. The number of nitrogens with one attached hydrogen (secondary N) is 1. The lowest BCUT2D eigenvalue weighted by molar-refractivity contribution is 0.181. The second-order valence-electron chi connectivity index (χ2n) is 10.1. The van der Waals surface area contributed by atoms with Crippen LogP contribution in [0.4, 0.5) is 9.18 Å². The minimum Gasteiger partial charge on any atom is -0.497 e. The first-order valence-electron chi connectivity index (χ1n) is 13.7. The zero-order valence-electron chi connectivity index (χ0n) is 24.6. The van der Waals surface area contributed by atoms with E-state index in [1.165, 1.54) is 12.1 Å². The molecule has 0 saturated carbocycles. The molecule has 0 aliphatic carbocycles. The van der Waals surface area contributed by atoms with Gasteiger partial charge >= 0.3 is 6.03 Å². The van der Waals surface area contributed by atoms with Crippen molar-refractivity contribution in [1.29, 1.82) is 0 Å². The van der Waals surface area contributed by atoms with Gasteiger partial charge in [-0.1, -0.05) is 50.3 Å². The second kappa shape index (κ2) is 16.3. The minimum atomic E-state index is -0.326. The Hall–Kier alpha value is -4.04. The summed E-state index contributed by atoms with van der Waals surface area (Å²) in [5.41, 5.74) is 3.46. The molecule has 0 atom stereocenters. The van der Waals surface area contributed by atoms with Crippen LogP contribution in [0.5, 0.6) is 17.2 Å². The van der Waals surface area contributed by atoms with Crippen molar-refractivity contribution < 1.29 is 28.1 Å². The number of amides is 2. The number of rotatable bonds is 15. The van der Waals surface area contributed by atoms with Crippen molar-refractivity contribution in [2.24, 2.45) is 5.92 Å². The van der Waals surface area contributed by atoms with Crippen LogP contribution < -0.4 is 19.5 Å². The van der Waals surface area contributed by atoms with Crippen molar-refractivity contribution in [1.82, 2.24) is 10.2 Å². The van der Waals surface area contributed by atoms with E-state index in [0.717, 1.165) is 28.0 Å². The summed E-state index contributed by atoms with van der Waals surface area (Å²) in [7, 11) is 4.82. The van der Waals surface area contributed by atoms with Crippen LogP contribution in [0.3, 0.4) is 0 Å². The molecule has 220 valence electrons. The van der Waals surface area contributed by atoms with Gasteiger partial charge in [-0.15, -0.1) is 0 Å². The Labute approximate surface area is 242 Å². The van der Waals surface area contributed by atoms with E-state index in [2.05, 4.69) is 19.2 Å². The average molecular weight is 565 g/mol. The van der Waals surface area contributed by atoms with Crippen LogP contribution in [0, 0.1) is 11.7 Å². The van der Waals surface area contributed by atoms with Crippen LogP contribution in [0.15, 0.2) is 60.7 Å². The Morgan fingerprint density at radius 1 is 0.927 bits per heavy atom. The fourth-order valence-electron chi connectivity index (χ4n) is 4.11. The van der Waals surface area contributed by atoms with E-state index in [1.54, 1.807) is 44.4 Å². The van der Waals surface area contributed by atoms with Crippen LogP contribution in [-0.4, -0.2) is 52.0 Å². The lowest BCUT2D eigenvalue weighted by Gasteiger charge is -2.26. The molecule has 7 nitrogen and oxygen atoms in total. The number of carbonyl (C=O) groups is 1. The predicted octanol–water partition coefficient (Wildman–Crippen LogP) is 6.80. The van der Waals surface area contributed by atoms with Gasteiger partial charge in [-0.25, -0.2) is 9.18 Å². The molecule has 0 bridgehead atoms. The maximum atomic E-state index is 13.6. The van der Waals surface area contributed by atoms with Crippen molar-refractivity contribution in [2.75, 3.05) is 41.1 Å². The van der Waals surface area contributed by atoms with Gasteiger partial charge in [0, 0.05) is 38.4 Å². The summed E-state index contributed by atoms with van der Waals surface area (Å²) in [6.07, 6.45) is 4.67. The van der Waals surface area contributed by atoms with Gasteiger partial charge in [-0.2, -0.15) is 0 Å². The van der Waals surface area contributed by atoms with E-state index in [1.807, 2.05) is 42.5 Å². The lowest BCUT2D eigenvalue weighted by atomic mass is 10.0. The van der Waals surface area contributed by atoms with Crippen molar-refractivity contribution >= 4 is 18.2 Å². The summed E-state index contributed by atoms with van der Waals surface area (Å²) in [5.74, 6) is 2.18. The summed E-state index contributed by atoms with van der Waals surface area (Å²) in [5, 5.41) is 2.97. The van der Waals surface area contributed by atoms with Crippen LogP contribution >= 0.6 is 0 Å². The third kappa shape index (κ3) is 10.1. The molecular formula is C33H41FN2O5. The summed E-state index contributed by atoms with van der Waals surface area (Å²) >= 11 is 0. The number of hydrogen-bond donors (Lipinski definition) is 1. The van der Waals surface area contributed by atoms with Gasteiger partial charge < -0.3 is 29.2 Å². The predicted molar refractivity (Wildman–Crippen MR) is 161 cm³/mol. The van der Waals surface area contributed by atoms with Gasteiger partial charge in [0.1, 0.15) is 23.1 Å². The molecule has 0 saturated heterocycles. The van der Waals surface area contributed by atoms with E-state index < -0.39 is 0 Å². The van der Waals surface area contributed by atoms with E-state index in [4.69, 9.17) is 18.9 Å². The van der Waals surface area contributed by atoms with E-state index in [9.17, 15) is 9.18 Å². The first kappa shape index (κ1) is 31.5. The summed E-state index contributed by atoms with van der Waals surface area (Å²) in [4.78, 5) is 15.0. The number of ether oxygens (including phenoxy) is 4. The topological polar surface area (TPSA) is 69.3 Å². The summed E-state index contributed by atoms with van der Waals surface area (Å²) in [6, 6.07) is 17.5. The second-order valence-corrected chi connectivity index (χ2v) is 10.1. The third-order valence-corrected chi connectivity index (χ3v) is 6.32. The Balaban J connectivity index is 1.91. The van der Waals surface area contributed by atoms with Gasteiger partial charge in [-0.3, -0.25) is 0 Å². The molecule has 0 radical (unpaired) electrons. The number of urea groups is 1. The zero-order chi connectivity index (χ0) is 29.6. The van der Waals surface area contributed by atoms with Gasteiger partial charge in [-0.05, 0) is 59.4 Å². The van der Waals surface area contributed by atoms with Gasteiger partial charge in [0.05, 0.1) is 27.4 Å². The molecule has 41 heavy (non-hydrogen) atoms. The number of carbonyl (C=O) groups excluding carboxylic acids is 1. The standard InChI is InChI=1S/C33H41FN2O5/c1-24(2)23-41-29-15-10-25(11-16-29)7-12-27-19-30(39-4)20-32(40-5)31(27)22-36(33(37)35-17-6-18-38-3)21-26-8-13-28(34)14-9-26/h7-16,19-20,24H,6,17-18,21-23H2,1-5H3,(H,35,37)/b12-7+. The SMILES string of the molecule is COCCCNC(=O)N(Cc1ccc(F)cc1)Cc1c(/C=C/c2ccc(OCC(C)C)cc2)cc(OC)cc1OC. The molecular weight excluding hydrogens is 523 g/mol. The highest BCUT2D eigenvalue weighted by Crippen LogP contribution is 2.32. The van der Waals surface area contributed by atoms with Gasteiger partial charge in [0.15, 0.2) is 0 Å².